The van der Waals surface area contributed by atoms with E-state index >= 15 is 0 Å². The SMILES string of the molecule is CCCCC(CCC)NC(=O)[C@@H]1CC[C@H](C(=O)O)O1. The van der Waals surface area contributed by atoms with Crippen LogP contribution in [0.3, 0.4) is 0 Å². The van der Waals surface area contributed by atoms with Gasteiger partial charge in [0.05, 0.1) is 0 Å². The lowest BCUT2D eigenvalue weighted by atomic mass is 10.0. The fourth-order valence-electron chi connectivity index (χ4n) is 2.39. The Bertz CT molecular complexity index is 306. The van der Waals surface area contributed by atoms with Crippen LogP contribution < -0.4 is 5.32 Å². The zero-order chi connectivity index (χ0) is 14.3. The molecule has 0 saturated carbocycles. The predicted octanol–water partition coefficient (Wildman–Crippen LogP) is 2.09. The molecule has 19 heavy (non-hydrogen) atoms. The molecule has 0 aromatic carbocycles. The molecule has 1 fully saturated rings. The largest absolute Gasteiger partial charge is 0.479 e. The van der Waals surface area contributed by atoms with E-state index in [1.54, 1.807) is 0 Å². The fraction of sp³-hybridized carbons (Fsp3) is 0.857. The van der Waals surface area contributed by atoms with E-state index in [4.69, 9.17) is 9.84 Å². The molecule has 0 aliphatic carbocycles. The molecule has 3 atom stereocenters. The average Bonchev–Trinajstić information content (AvgIpc) is 2.86. The minimum atomic E-state index is -0.980. The Hall–Kier alpha value is -1.10. The number of carbonyl (C=O) groups is 2. The molecule has 1 aliphatic rings. The van der Waals surface area contributed by atoms with E-state index in [1.807, 2.05) is 0 Å². The molecule has 0 bridgehead atoms. The van der Waals surface area contributed by atoms with Crippen molar-refractivity contribution in [3.8, 4) is 0 Å². The number of carboxylic acid groups (broad SMARTS) is 1. The molecule has 0 spiro atoms. The topological polar surface area (TPSA) is 75.6 Å². The number of aliphatic carboxylic acids is 1. The molecule has 0 radical (unpaired) electrons. The van der Waals surface area contributed by atoms with Gasteiger partial charge >= 0.3 is 5.97 Å². The van der Waals surface area contributed by atoms with Crippen molar-refractivity contribution in [2.45, 2.75) is 77.0 Å². The number of ether oxygens (including phenoxy) is 1. The van der Waals surface area contributed by atoms with Crippen LogP contribution in [0.2, 0.25) is 0 Å². The number of carbonyl (C=O) groups excluding carboxylic acids is 1. The van der Waals surface area contributed by atoms with Crippen molar-refractivity contribution >= 4 is 11.9 Å². The molecule has 5 nitrogen and oxygen atoms in total. The van der Waals surface area contributed by atoms with E-state index in [0.29, 0.717) is 12.8 Å². The molecule has 110 valence electrons. The Morgan fingerprint density at radius 3 is 2.42 bits per heavy atom. The van der Waals surface area contributed by atoms with Crippen LogP contribution in [0.1, 0.15) is 58.8 Å². The predicted molar refractivity (Wildman–Crippen MR) is 71.9 cm³/mol. The van der Waals surface area contributed by atoms with Crippen molar-refractivity contribution < 1.29 is 19.4 Å². The molecule has 1 amide bonds. The minimum absolute atomic E-state index is 0.154. The molecule has 1 heterocycles. The summed E-state index contributed by atoms with van der Waals surface area (Å²) in [5, 5.41) is 11.8. The number of unbranched alkanes of at least 4 members (excludes halogenated alkanes) is 1. The van der Waals surface area contributed by atoms with Crippen LogP contribution in [0.25, 0.3) is 0 Å². The Balaban J connectivity index is 2.41. The lowest BCUT2D eigenvalue weighted by molar-refractivity contribution is -0.151. The van der Waals surface area contributed by atoms with Crippen LogP contribution in [0.4, 0.5) is 0 Å². The average molecular weight is 271 g/mol. The third-order valence-electron chi connectivity index (χ3n) is 3.48. The molecular weight excluding hydrogens is 246 g/mol. The summed E-state index contributed by atoms with van der Waals surface area (Å²) in [4.78, 5) is 22.8. The third-order valence-corrected chi connectivity index (χ3v) is 3.48. The van der Waals surface area contributed by atoms with Crippen LogP contribution in [0, 0.1) is 0 Å². The standard InChI is InChI=1S/C14H25NO4/c1-3-5-7-10(6-4-2)15-13(16)11-8-9-12(19-11)14(17)18/h10-12H,3-9H2,1-2H3,(H,15,16)(H,17,18)/t10?,11-,12+/m0/s1. The van der Waals surface area contributed by atoms with Crippen LogP contribution in [-0.4, -0.2) is 35.2 Å². The Labute approximate surface area is 114 Å². The van der Waals surface area contributed by atoms with Crippen molar-refractivity contribution in [2.24, 2.45) is 0 Å². The normalized spacial score (nSPS) is 24.1. The lowest BCUT2D eigenvalue weighted by Crippen LogP contribution is -2.41. The monoisotopic (exact) mass is 271 g/mol. The van der Waals surface area contributed by atoms with E-state index in [2.05, 4.69) is 19.2 Å². The summed E-state index contributed by atoms with van der Waals surface area (Å²) in [6.07, 6.45) is 4.66. The van der Waals surface area contributed by atoms with Gasteiger partial charge < -0.3 is 15.2 Å². The number of hydrogen-bond donors (Lipinski definition) is 2. The number of hydrogen-bond acceptors (Lipinski definition) is 3. The summed E-state index contributed by atoms with van der Waals surface area (Å²) < 4.78 is 5.26. The first-order chi connectivity index (χ1) is 9.08. The van der Waals surface area contributed by atoms with Gasteiger partial charge in [-0.3, -0.25) is 4.79 Å². The van der Waals surface area contributed by atoms with Crippen molar-refractivity contribution in [1.29, 1.82) is 0 Å². The van der Waals surface area contributed by atoms with Gasteiger partial charge in [-0.05, 0) is 25.7 Å². The Morgan fingerprint density at radius 2 is 1.89 bits per heavy atom. The Kier molecular flexibility index (Phi) is 6.84. The van der Waals surface area contributed by atoms with E-state index in [0.717, 1.165) is 32.1 Å². The van der Waals surface area contributed by atoms with Gasteiger partial charge in [0.1, 0.15) is 6.10 Å². The van der Waals surface area contributed by atoms with Crippen LogP contribution >= 0.6 is 0 Å². The molecule has 1 saturated heterocycles. The quantitative estimate of drug-likeness (QED) is 0.709. The van der Waals surface area contributed by atoms with Crippen molar-refractivity contribution in [3.05, 3.63) is 0 Å². The molecule has 1 rings (SSSR count). The van der Waals surface area contributed by atoms with Gasteiger partial charge in [-0.15, -0.1) is 0 Å². The number of rotatable bonds is 8. The highest BCUT2D eigenvalue weighted by atomic mass is 16.5. The summed E-state index contributed by atoms with van der Waals surface area (Å²) in [5.74, 6) is -1.13. The molecule has 5 heteroatoms. The second-order valence-corrected chi connectivity index (χ2v) is 5.17. The molecule has 2 N–H and O–H groups in total. The van der Waals surface area contributed by atoms with Crippen LogP contribution in [0.15, 0.2) is 0 Å². The molecule has 0 aromatic rings. The van der Waals surface area contributed by atoms with Gasteiger partial charge in [0.25, 0.3) is 0 Å². The highest BCUT2D eigenvalue weighted by Crippen LogP contribution is 2.20. The van der Waals surface area contributed by atoms with Crippen LogP contribution in [0.5, 0.6) is 0 Å². The highest BCUT2D eigenvalue weighted by molar-refractivity contribution is 5.82. The summed E-state index contributed by atoms with van der Waals surface area (Å²) >= 11 is 0. The van der Waals surface area contributed by atoms with Crippen LogP contribution in [-0.2, 0) is 14.3 Å². The maximum Gasteiger partial charge on any atom is 0.332 e. The highest BCUT2D eigenvalue weighted by Gasteiger charge is 2.35. The summed E-state index contributed by atoms with van der Waals surface area (Å²) in [5.41, 5.74) is 0. The van der Waals surface area contributed by atoms with Gasteiger partial charge in [-0.25, -0.2) is 4.79 Å². The second-order valence-electron chi connectivity index (χ2n) is 5.17. The number of carboxylic acids is 1. The fourth-order valence-corrected chi connectivity index (χ4v) is 2.39. The third kappa shape index (κ3) is 5.19. The zero-order valence-corrected chi connectivity index (χ0v) is 11.9. The molecule has 1 aliphatic heterocycles. The zero-order valence-electron chi connectivity index (χ0n) is 11.9. The molecular formula is C14H25NO4. The molecule has 0 aromatic heterocycles. The number of amides is 1. The van der Waals surface area contributed by atoms with Gasteiger partial charge in [0.15, 0.2) is 6.10 Å². The lowest BCUT2D eigenvalue weighted by Gasteiger charge is -2.20. The summed E-state index contributed by atoms with van der Waals surface area (Å²) in [6.45, 7) is 4.22. The first-order valence-corrected chi connectivity index (χ1v) is 7.27. The van der Waals surface area contributed by atoms with Gasteiger partial charge in [0, 0.05) is 6.04 Å². The molecule has 1 unspecified atom stereocenters. The van der Waals surface area contributed by atoms with Gasteiger partial charge in [-0.1, -0.05) is 33.1 Å². The second kappa shape index (κ2) is 8.15. The van der Waals surface area contributed by atoms with Crippen molar-refractivity contribution in [1.82, 2.24) is 5.32 Å². The summed E-state index contributed by atoms with van der Waals surface area (Å²) in [6, 6.07) is 0.185. The minimum Gasteiger partial charge on any atom is -0.479 e. The van der Waals surface area contributed by atoms with Crippen molar-refractivity contribution in [3.63, 3.8) is 0 Å². The summed E-state index contributed by atoms with van der Waals surface area (Å²) in [7, 11) is 0. The smallest absolute Gasteiger partial charge is 0.332 e. The maximum atomic E-state index is 12.0. The first kappa shape index (κ1) is 16.0. The van der Waals surface area contributed by atoms with E-state index in [-0.39, 0.29) is 11.9 Å². The van der Waals surface area contributed by atoms with E-state index in [9.17, 15) is 9.59 Å². The van der Waals surface area contributed by atoms with E-state index < -0.39 is 18.2 Å². The first-order valence-electron chi connectivity index (χ1n) is 7.27. The van der Waals surface area contributed by atoms with Crippen molar-refractivity contribution in [2.75, 3.05) is 0 Å². The van der Waals surface area contributed by atoms with E-state index in [1.165, 1.54) is 0 Å². The van der Waals surface area contributed by atoms with Gasteiger partial charge in [0.2, 0.25) is 5.91 Å². The number of nitrogens with one attached hydrogen (secondary N) is 1. The maximum absolute atomic E-state index is 12.0. The Morgan fingerprint density at radius 1 is 1.21 bits per heavy atom. The van der Waals surface area contributed by atoms with Gasteiger partial charge in [-0.2, -0.15) is 0 Å².